The number of pyridine rings is 1. The van der Waals surface area contributed by atoms with Gasteiger partial charge in [-0.1, -0.05) is 13.8 Å². The summed E-state index contributed by atoms with van der Waals surface area (Å²) in [5.41, 5.74) is 4.10. The first-order chi connectivity index (χ1) is 14.3. The highest BCUT2D eigenvalue weighted by atomic mass is 16.5. The van der Waals surface area contributed by atoms with Gasteiger partial charge in [0.2, 0.25) is 0 Å². The Balaban J connectivity index is 1.70. The van der Waals surface area contributed by atoms with Crippen LogP contribution in [0.4, 0.5) is 5.82 Å². The van der Waals surface area contributed by atoms with E-state index in [-0.39, 0.29) is 5.60 Å². The van der Waals surface area contributed by atoms with Crippen molar-refractivity contribution in [2.24, 2.45) is 5.92 Å². The fraction of sp³-hybridized carbons (Fsp3) is 0.750. The minimum atomic E-state index is -0.239. The summed E-state index contributed by atoms with van der Waals surface area (Å²) in [4.78, 5) is 10.1. The van der Waals surface area contributed by atoms with E-state index < -0.39 is 0 Å². The summed E-state index contributed by atoms with van der Waals surface area (Å²) in [6.07, 6.45) is 3.18. The smallest absolute Gasteiger partial charge is 0.147 e. The number of ether oxygens (including phenoxy) is 2. The van der Waals surface area contributed by atoms with Gasteiger partial charge in [-0.05, 0) is 38.2 Å². The van der Waals surface area contributed by atoms with Gasteiger partial charge < -0.3 is 14.4 Å². The van der Waals surface area contributed by atoms with Crippen LogP contribution in [0.25, 0.3) is 0 Å². The van der Waals surface area contributed by atoms with Gasteiger partial charge in [0, 0.05) is 57.2 Å². The highest BCUT2D eigenvalue weighted by Gasteiger charge is 2.38. The molecule has 3 aliphatic rings. The standard InChI is InChI=1S/C24H36N4O2/c1-16(2)21-14-28(9-8-27(21)10-11-29-5)23-19(13-25)18-12-24(3,4)30-15-20(18)22(26-23)17-6-7-17/h16-17,21H,6-12,14-15H2,1-5H3/t21-/m0/s1. The van der Waals surface area contributed by atoms with Crippen molar-refractivity contribution in [2.45, 2.75) is 71.1 Å². The minimum Gasteiger partial charge on any atom is -0.383 e. The van der Waals surface area contributed by atoms with Gasteiger partial charge in [-0.25, -0.2) is 4.98 Å². The lowest BCUT2D eigenvalue weighted by Gasteiger charge is -2.44. The summed E-state index contributed by atoms with van der Waals surface area (Å²) < 4.78 is 11.4. The van der Waals surface area contributed by atoms with Gasteiger partial charge in [0.1, 0.15) is 11.9 Å². The molecule has 0 amide bonds. The van der Waals surface area contributed by atoms with Crippen LogP contribution in [0.5, 0.6) is 0 Å². The maximum Gasteiger partial charge on any atom is 0.147 e. The number of hydrogen-bond donors (Lipinski definition) is 0. The number of anilines is 1. The second-order valence-corrected chi connectivity index (χ2v) is 10.1. The SMILES string of the molecule is COCCN1CCN(c2nc(C3CC3)c3c(c2C#N)CC(C)(C)OC3)C[C@H]1C(C)C. The van der Waals surface area contributed by atoms with Crippen molar-refractivity contribution in [3.63, 3.8) is 0 Å². The molecule has 0 bridgehead atoms. The lowest BCUT2D eigenvalue weighted by Crippen LogP contribution is -2.56. The molecule has 6 nitrogen and oxygen atoms in total. The van der Waals surface area contributed by atoms with Crippen molar-refractivity contribution < 1.29 is 9.47 Å². The summed E-state index contributed by atoms with van der Waals surface area (Å²) in [6.45, 7) is 13.9. The number of nitrogens with zero attached hydrogens (tertiary/aromatic N) is 4. The highest BCUT2D eigenvalue weighted by molar-refractivity contribution is 5.62. The zero-order valence-corrected chi connectivity index (χ0v) is 19.2. The first kappa shape index (κ1) is 21.5. The van der Waals surface area contributed by atoms with Crippen LogP contribution in [-0.2, 0) is 22.5 Å². The average molecular weight is 413 g/mol. The van der Waals surface area contributed by atoms with Gasteiger partial charge in [-0.2, -0.15) is 5.26 Å². The van der Waals surface area contributed by atoms with Crippen LogP contribution in [0.3, 0.4) is 0 Å². The van der Waals surface area contributed by atoms with Crippen molar-refractivity contribution in [3.05, 3.63) is 22.4 Å². The molecule has 3 heterocycles. The monoisotopic (exact) mass is 412 g/mol. The van der Waals surface area contributed by atoms with Crippen LogP contribution in [0, 0.1) is 17.2 Å². The first-order valence-corrected chi connectivity index (χ1v) is 11.4. The predicted molar refractivity (Wildman–Crippen MR) is 118 cm³/mol. The van der Waals surface area contributed by atoms with Crippen molar-refractivity contribution in [1.29, 1.82) is 5.26 Å². The van der Waals surface area contributed by atoms with Crippen LogP contribution in [0.1, 0.15) is 68.8 Å². The maximum absolute atomic E-state index is 10.2. The second kappa shape index (κ2) is 8.45. The Labute approximate surface area is 181 Å². The number of piperazine rings is 1. The number of rotatable bonds is 6. The number of methoxy groups -OCH3 is 1. The summed E-state index contributed by atoms with van der Waals surface area (Å²) in [6, 6.07) is 2.97. The fourth-order valence-corrected chi connectivity index (χ4v) is 4.98. The Hall–Kier alpha value is -1.68. The molecule has 1 aliphatic carbocycles. The molecule has 0 unspecified atom stereocenters. The maximum atomic E-state index is 10.2. The third-order valence-corrected chi connectivity index (χ3v) is 6.90. The van der Waals surface area contributed by atoms with E-state index in [2.05, 4.69) is 43.6 Å². The van der Waals surface area contributed by atoms with E-state index in [9.17, 15) is 5.26 Å². The molecule has 30 heavy (non-hydrogen) atoms. The van der Waals surface area contributed by atoms with E-state index in [1.807, 2.05) is 0 Å². The third-order valence-electron chi connectivity index (χ3n) is 6.90. The molecule has 164 valence electrons. The van der Waals surface area contributed by atoms with Gasteiger partial charge >= 0.3 is 0 Å². The molecule has 1 saturated carbocycles. The van der Waals surface area contributed by atoms with Crippen LogP contribution in [0.15, 0.2) is 0 Å². The molecule has 1 aromatic rings. The predicted octanol–water partition coefficient (Wildman–Crippen LogP) is 3.47. The molecule has 6 heteroatoms. The van der Waals surface area contributed by atoms with Gasteiger partial charge in [-0.3, -0.25) is 4.90 Å². The summed E-state index contributed by atoms with van der Waals surface area (Å²) >= 11 is 0. The molecule has 0 N–H and O–H groups in total. The van der Waals surface area contributed by atoms with Crippen molar-refractivity contribution in [3.8, 4) is 6.07 Å². The van der Waals surface area contributed by atoms with Crippen LogP contribution < -0.4 is 4.90 Å². The molecular weight excluding hydrogens is 376 g/mol. The Bertz CT molecular complexity index is 825. The normalized spacial score (nSPS) is 24.0. The Morgan fingerprint density at radius 2 is 2.03 bits per heavy atom. The van der Waals surface area contributed by atoms with Gasteiger partial charge in [0.25, 0.3) is 0 Å². The van der Waals surface area contributed by atoms with E-state index in [1.165, 1.54) is 29.7 Å². The Morgan fingerprint density at radius 1 is 1.27 bits per heavy atom. The van der Waals surface area contributed by atoms with E-state index in [0.29, 0.717) is 24.5 Å². The molecule has 1 saturated heterocycles. The molecule has 2 fully saturated rings. The molecule has 1 aromatic heterocycles. The first-order valence-electron chi connectivity index (χ1n) is 11.4. The molecule has 4 rings (SSSR count). The lowest BCUT2D eigenvalue weighted by atomic mass is 9.87. The summed E-state index contributed by atoms with van der Waals surface area (Å²) in [5.74, 6) is 1.98. The largest absolute Gasteiger partial charge is 0.383 e. The summed E-state index contributed by atoms with van der Waals surface area (Å²) in [5, 5.41) is 10.2. The fourth-order valence-electron chi connectivity index (χ4n) is 4.98. The van der Waals surface area contributed by atoms with Crippen molar-refractivity contribution in [1.82, 2.24) is 9.88 Å². The summed E-state index contributed by atoms with van der Waals surface area (Å²) in [7, 11) is 1.77. The highest BCUT2D eigenvalue weighted by Crippen LogP contribution is 2.45. The lowest BCUT2D eigenvalue weighted by molar-refractivity contribution is -0.0407. The molecule has 0 spiro atoms. The Kier molecular flexibility index (Phi) is 6.07. The minimum absolute atomic E-state index is 0.239. The number of aromatic nitrogens is 1. The van der Waals surface area contributed by atoms with Crippen LogP contribution in [0.2, 0.25) is 0 Å². The van der Waals surface area contributed by atoms with Crippen LogP contribution >= 0.6 is 0 Å². The molecule has 2 aliphatic heterocycles. The third kappa shape index (κ3) is 4.21. The average Bonchev–Trinajstić information content (AvgIpc) is 3.55. The molecule has 1 atom stereocenters. The van der Waals surface area contributed by atoms with Crippen LogP contribution in [-0.4, -0.2) is 61.4 Å². The number of nitriles is 1. The second-order valence-electron chi connectivity index (χ2n) is 10.1. The van der Waals surface area contributed by atoms with Gasteiger partial charge in [0.05, 0.1) is 30.1 Å². The molecular formula is C24H36N4O2. The van der Waals surface area contributed by atoms with Gasteiger partial charge in [0.15, 0.2) is 0 Å². The van der Waals surface area contributed by atoms with E-state index >= 15 is 0 Å². The van der Waals surface area contributed by atoms with Crippen molar-refractivity contribution in [2.75, 3.05) is 44.8 Å². The number of hydrogen-bond acceptors (Lipinski definition) is 6. The van der Waals surface area contributed by atoms with Gasteiger partial charge in [-0.15, -0.1) is 0 Å². The molecule has 0 aromatic carbocycles. The van der Waals surface area contributed by atoms with E-state index in [1.54, 1.807) is 7.11 Å². The van der Waals surface area contributed by atoms with E-state index in [4.69, 9.17) is 14.5 Å². The zero-order valence-electron chi connectivity index (χ0n) is 19.2. The zero-order chi connectivity index (χ0) is 21.5. The van der Waals surface area contributed by atoms with Crippen molar-refractivity contribution >= 4 is 5.82 Å². The topological polar surface area (TPSA) is 61.6 Å². The quantitative estimate of drug-likeness (QED) is 0.713. The molecule has 0 radical (unpaired) electrons. The number of fused-ring (bicyclic) bond motifs is 1. The van der Waals surface area contributed by atoms with E-state index in [0.717, 1.165) is 50.6 Å². The Morgan fingerprint density at radius 3 is 2.67 bits per heavy atom.